The summed E-state index contributed by atoms with van der Waals surface area (Å²) in [6.45, 7) is 0. The molecule has 380 valence electrons. The van der Waals surface area contributed by atoms with Gasteiger partial charge in [-0.3, -0.25) is 0 Å². The molecule has 0 aliphatic carbocycles. The first-order chi connectivity index (χ1) is 40.2. The zero-order chi connectivity index (χ0) is 53.4. The highest BCUT2D eigenvalue weighted by Gasteiger charge is 2.28. The Morgan fingerprint density at radius 1 is 0.210 bits per heavy atom. The van der Waals surface area contributed by atoms with E-state index in [1.54, 1.807) is 0 Å². The molecular formula is C76H48N2O3. The lowest BCUT2D eigenvalue weighted by atomic mass is 9.95. The fourth-order valence-corrected chi connectivity index (χ4v) is 12.3. The maximum atomic E-state index is 7.34. The van der Waals surface area contributed by atoms with Crippen LogP contribution in [0.4, 0.5) is 34.1 Å². The molecule has 16 rings (SSSR count). The number of hydrogen-bond donors (Lipinski definition) is 0. The SMILES string of the molecule is c1ccc(-c2ccc(N(c3ccc4c(c3)oc3cc(N(c5ccc(-c6ccccc6)cc5-c5ccccc5)c5cccc6c5oc5ccccc56)c5ccccc5c34)c3cccc4c3oc3ccccc34)c(-c3ccccc3)c2)cc1. The fourth-order valence-electron chi connectivity index (χ4n) is 12.3. The van der Waals surface area contributed by atoms with Crippen molar-refractivity contribution in [2.45, 2.75) is 0 Å². The van der Waals surface area contributed by atoms with Gasteiger partial charge in [-0.25, -0.2) is 0 Å². The number of anilines is 6. The van der Waals surface area contributed by atoms with Crippen LogP contribution in [0, 0.1) is 0 Å². The van der Waals surface area contributed by atoms with E-state index in [-0.39, 0.29) is 0 Å². The van der Waals surface area contributed by atoms with Gasteiger partial charge in [-0.2, -0.15) is 0 Å². The summed E-state index contributed by atoms with van der Waals surface area (Å²) < 4.78 is 21.1. The van der Waals surface area contributed by atoms with Crippen LogP contribution in [0.25, 0.3) is 121 Å². The van der Waals surface area contributed by atoms with E-state index in [1.165, 1.54) is 0 Å². The Morgan fingerprint density at radius 3 is 1.20 bits per heavy atom. The summed E-state index contributed by atoms with van der Waals surface area (Å²) in [5, 5.41) is 8.44. The van der Waals surface area contributed by atoms with Crippen LogP contribution in [0.15, 0.2) is 304 Å². The average molecular weight is 1040 g/mol. The number of nitrogens with zero attached hydrogens (tertiary/aromatic N) is 2. The molecule has 0 fully saturated rings. The first kappa shape index (κ1) is 46.2. The highest BCUT2D eigenvalue weighted by atomic mass is 16.3. The van der Waals surface area contributed by atoms with Gasteiger partial charge in [-0.15, -0.1) is 0 Å². The highest BCUT2D eigenvalue weighted by Crippen LogP contribution is 2.52. The van der Waals surface area contributed by atoms with E-state index >= 15 is 0 Å². The Labute approximate surface area is 467 Å². The molecule has 0 saturated carbocycles. The van der Waals surface area contributed by atoms with Crippen molar-refractivity contribution in [2.75, 3.05) is 9.80 Å². The maximum absolute atomic E-state index is 7.34. The second kappa shape index (κ2) is 18.9. The highest BCUT2D eigenvalue weighted by molar-refractivity contribution is 6.24. The van der Waals surface area contributed by atoms with Gasteiger partial charge >= 0.3 is 0 Å². The van der Waals surface area contributed by atoms with E-state index < -0.39 is 0 Å². The van der Waals surface area contributed by atoms with Gasteiger partial charge in [0.25, 0.3) is 0 Å². The second-order valence-electron chi connectivity index (χ2n) is 20.7. The van der Waals surface area contributed by atoms with E-state index in [9.17, 15) is 0 Å². The van der Waals surface area contributed by atoms with Crippen molar-refractivity contribution in [3.63, 3.8) is 0 Å². The van der Waals surface area contributed by atoms with Crippen molar-refractivity contribution in [2.24, 2.45) is 0 Å². The summed E-state index contributed by atoms with van der Waals surface area (Å²) in [6.07, 6.45) is 0. The van der Waals surface area contributed by atoms with Gasteiger partial charge in [0.15, 0.2) is 11.2 Å². The molecule has 0 N–H and O–H groups in total. The topological polar surface area (TPSA) is 45.9 Å². The van der Waals surface area contributed by atoms with E-state index in [0.29, 0.717) is 0 Å². The zero-order valence-corrected chi connectivity index (χ0v) is 43.8. The van der Waals surface area contributed by atoms with Crippen molar-refractivity contribution < 1.29 is 13.3 Å². The first-order valence-electron chi connectivity index (χ1n) is 27.5. The van der Waals surface area contributed by atoms with Crippen molar-refractivity contribution >= 4 is 111 Å². The molecule has 0 unspecified atom stereocenters. The Bertz CT molecular complexity index is 5060. The molecule has 0 atom stereocenters. The summed E-state index contributed by atoms with van der Waals surface area (Å²) in [5.74, 6) is 0. The standard InChI is InChI=1S/C76H48N2O3/c1-5-21-49(22-6-1)53-39-43-65(63(45-53)51-25-9-3-10-26-51)77(67-35-19-33-60-57-30-15-17-37-70(57)80-75(60)67)55-41-42-62-72(47-55)79-73-48-69(56-29-13-14-32-59(56)74(62)73)78(68-36-20-34-61-58-31-16-18-38-71(58)81-76(61)68)66-44-40-54(50-23-7-2-8-24-50)46-64(66)52-27-11-4-12-28-52/h1-48H. The number of benzene rings is 13. The summed E-state index contributed by atoms with van der Waals surface area (Å²) >= 11 is 0. The van der Waals surface area contributed by atoms with Crippen molar-refractivity contribution in [1.29, 1.82) is 0 Å². The van der Waals surface area contributed by atoms with Gasteiger partial charge in [-0.05, 0) is 99.4 Å². The first-order valence-corrected chi connectivity index (χ1v) is 27.5. The van der Waals surface area contributed by atoms with Crippen molar-refractivity contribution in [1.82, 2.24) is 0 Å². The third kappa shape index (κ3) is 7.70. The minimum atomic E-state index is 0.761. The summed E-state index contributed by atoms with van der Waals surface area (Å²) in [7, 11) is 0. The average Bonchev–Trinajstić information content (AvgIpc) is 4.45. The molecule has 0 aliphatic rings. The molecule has 13 aromatic carbocycles. The maximum Gasteiger partial charge on any atom is 0.159 e. The van der Waals surface area contributed by atoms with Crippen LogP contribution >= 0.6 is 0 Å². The van der Waals surface area contributed by atoms with E-state index in [0.717, 1.165) is 155 Å². The van der Waals surface area contributed by atoms with Crippen LogP contribution in [-0.2, 0) is 0 Å². The summed E-state index contributed by atoms with van der Waals surface area (Å²) in [5.41, 5.74) is 19.4. The van der Waals surface area contributed by atoms with Crippen LogP contribution < -0.4 is 9.80 Å². The van der Waals surface area contributed by atoms with Crippen LogP contribution in [-0.4, -0.2) is 0 Å². The second-order valence-corrected chi connectivity index (χ2v) is 20.7. The molecule has 3 heterocycles. The predicted octanol–water partition coefficient (Wildman–Crippen LogP) is 22.1. The lowest BCUT2D eigenvalue weighted by Gasteiger charge is -2.29. The number of fused-ring (bicyclic) bond motifs is 11. The van der Waals surface area contributed by atoms with Gasteiger partial charge in [0.2, 0.25) is 0 Å². The Hall–Kier alpha value is -10.9. The third-order valence-electron chi connectivity index (χ3n) is 16.0. The normalized spacial score (nSPS) is 11.7. The molecular weight excluding hydrogens is 989 g/mol. The fraction of sp³-hybridized carbons (Fsp3) is 0. The number of rotatable bonds is 10. The van der Waals surface area contributed by atoms with E-state index in [2.05, 4.69) is 283 Å². The molecule has 0 spiro atoms. The number of para-hydroxylation sites is 4. The van der Waals surface area contributed by atoms with E-state index in [1.807, 2.05) is 18.2 Å². The number of furan rings is 3. The Kier molecular flexibility index (Phi) is 10.8. The number of hydrogen-bond acceptors (Lipinski definition) is 5. The van der Waals surface area contributed by atoms with Gasteiger partial charge < -0.3 is 23.1 Å². The van der Waals surface area contributed by atoms with Crippen molar-refractivity contribution in [3.05, 3.63) is 291 Å². The van der Waals surface area contributed by atoms with Crippen molar-refractivity contribution in [3.8, 4) is 44.5 Å². The summed E-state index contributed by atoms with van der Waals surface area (Å²) in [4.78, 5) is 4.74. The van der Waals surface area contributed by atoms with Gasteiger partial charge in [0.05, 0.1) is 34.1 Å². The molecule has 3 aromatic heterocycles. The lowest BCUT2D eigenvalue weighted by molar-refractivity contribution is 0.667. The molecule has 81 heavy (non-hydrogen) atoms. The minimum Gasteiger partial charge on any atom is -0.456 e. The van der Waals surface area contributed by atoms with Crippen LogP contribution in [0.1, 0.15) is 0 Å². The third-order valence-corrected chi connectivity index (χ3v) is 16.0. The monoisotopic (exact) mass is 1040 g/mol. The van der Waals surface area contributed by atoms with E-state index in [4.69, 9.17) is 13.3 Å². The van der Waals surface area contributed by atoms with Crippen LogP contribution in [0.5, 0.6) is 0 Å². The van der Waals surface area contributed by atoms with Gasteiger partial charge in [0, 0.05) is 61.0 Å². The molecule has 5 heteroatoms. The predicted molar refractivity (Wildman–Crippen MR) is 337 cm³/mol. The van der Waals surface area contributed by atoms with Crippen LogP contribution in [0.3, 0.4) is 0 Å². The van der Waals surface area contributed by atoms with Gasteiger partial charge in [0.1, 0.15) is 22.3 Å². The zero-order valence-electron chi connectivity index (χ0n) is 43.8. The smallest absolute Gasteiger partial charge is 0.159 e. The molecule has 0 aliphatic heterocycles. The molecule has 16 aromatic rings. The Balaban J connectivity index is 0.949. The van der Waals surface area contributed by atoms with Crippen LogP contribution in [0.2, 0.25) is 0 Å². The Morgan fingerprint density at radius 2 is 0.654 bits per heavy atom. The lowest BCUT2D eigenvalue weighted by Crippen LogP contribution is -2.12. The largest absolute Gasteiger partial charge is 0.456 e. The molecule has 0 saturated heterocycles. The molecule has 0 bridgehead atoms. The van der Waals surface area contributed by atoms with Gasteiger partial charge in [-0.1, -0.05) is 218 Å². The molecule has 0 amide bonds. The minimum absolute atomic E-state index is 0.761. The molecule has 5 nitrogen and oxygen atoms in total. The molecule has 0 radical (unpaired) electrons. The summed E-state index contributed by atoms with van der Waals surface area (Å²) in [6, 6.07) is 103. The quantitative estimate of drug-likeness (QED) is 0.137.